The van der Waals surface area contributed by atoms with Crippen LogP contribution in [0.15, 0.2) is 30.5 Å². The Morgan fingerprint density at radius 2 is 1.68 bits per heavy atom. The lowest BCUT2D eigenvalue weighted by Gasteiger charge is -2.21. The molecule has 1 aromatic carbocycles. The van der Waals surface area contributed by atoms with Crippen LogP contribution >= 0.6 is 0 Å². The van der Waals surface area contributed by atoms with Crippen LogP contribution in [0, 0.1) is 11.6 Å². The normalized spacial score (nSPS) is 10.5. The molecular formula is C16H20F2N4. The van der Waals surface area contributed by atoms with Crippen molar-refractivity contribution in [1.82, 2.24) is 9.97 Å². The maximum absolute atomic E-state index is 13.7. The molecule has 0 radical (unpaired) electrons. The lowest BCUT2D eigenvalue weighted by atomic mass is 10.3. The lowest BCUT2D eigenvalue weighted by Crippen LogP contribution is -2.27. The Bertz CT molecular complexity index is 593. The molecule has 0 amide bonds. The molecule has 118 valence electrons. The number of benzene rings is 1. The zero-order valence-corrected chi connectivity index (χ0v) is 12.8. The van der Waals surface area contributed by atoms with Gasteiger partial charge in [0.25, 0.3) is 0 Å². The van der Waals surface area contributed by atoms with E-state index in [1.165, 1.54) is 18.2 Å². The van der Waals surface area contributed by atoms with Crippen molar-refractivity contribution in [2.45, 2.75) is 26.7 Å². The van der Waals surface area contributed by atoms with Gasteiger partial charge in [0.05, 0.1) is 0 Å². The summed E-state index contributed by atoms with van der Waals surface area (Å²) < 4.78 is 27.4. The van der Waals surface area contributed by atoms with Gasteiger partial charge in [0.15, 0.2) is 0 Å². The van der Waals surface area contributed by atoms with E-state index >= 15 is 0 Å². The summed E-state index contributed by atoms with van der Waals surface area (Å²) in [5.74, 6) is -0.380. The minimum absolute atomic E-state index is 0.204. The van der Waals surface area contributed by atoms with E-state index in [0.717, 1.165) is 25.9 Å². The fraction of sp³-hybridized carbons (Fsp3) is 0.375. The first-order chi connectivity index (χ1) is 10.7. The van der Waals surface area contributed by atoms with Gasteiger partial charge in [-0.25, -0.2) is 13.8 Å². The second kappa shape index (κ2) is 7.68. The Kier molecular flexibility index (Phi) is 5.63. The molecule has 0 aliphatic rings. The molecular weight excluding hydrogens is 286 g/mol. The smallest absolute Gasteiger partial charge is 0.227 e. The van der Waals surface area contributed by atoms with Crippen LogP contribution in [0.25, 0.3) is 0 Å². The van der Waals surface area contributed by atoms with Crippen LogP contribution in [0.4, 0.5) is 26.2 Å². The summed E-state index contributed by atoms with van der Waals surface area (Å²) >= 11 is 0. The Morgan fingerprint density at radius 3 is 2.27 bits per heavy atom. The van der Waals surface area contributed by atoms with Gasteiger partial charge in [-0.15, -0.1) is 0 Å². The van der Waals surface area contributed by atoms with Crippen LogP contribution in [0.5, 0.6) is 0 Å². The maximum Gasteiger partial charge on any atom is 0.227 e. The van der Waals surface area contributed by atoms with E-state index in [2.05, 4.69) is 34.0 Å². The van der Waals surface area contributed by atoms with Crippen molar-refractivity contribution in [3.63, 3.8) is 0 Å². The van der Waals surface area contributed by atoms with Gasteiger partial charge in [0.1, 0.15) is 23.1 Å². The van der Waals surface area contributed by atoms with Crippen LogP contribution in [-0.4, -0.2) is 23.1 Å². The van der Waals surface area contributed by atoms with Crippen molar-refractivity contribution < 1.29 is 8.78 Å². The van der Waals surface area contributed by atoms with E-state index in [1.54, 1.807) is 12.3 Å². The topological polar surface area (TPSA) is 41.1 Å². The predicted octanol–water partition coefficient (Wildman–Crippen LogP) is 4.12. The first-order valence-electron chi connectivity index (χ1n) is 7.44. The van der Waals surface area contributed by atoms with E-state index in [4.69, 9.17) is 0 Å². The molecule has 2 rings (SSSR count). The number of hydrogen-bond donors (Lipinski definition) is 1. The minimum atomic E-state index is -0.654. The molecule has 1 heterocycles. The number of halogens is 2. The van der Waals surface area contributed by atoms with Gasteiger partial charge >= 0.3 is 0 Å². The molecule has 2 aromatic rings. The van der Waals surface area contributed by atoms with Gasteiger partial charge in [-0.2, -0.15) is 4.98 Å². The standard InChI is InChI=1S/C16H20F2N4/c1-3-10-22(11-4-2)16-19-9-8-14(21-16)20-15-12(17)6-5-7-13(15)18/h5-9H,3-4,10-11H2,1-2H3,(H,19,20,21). The molecule has 1 N–H and O–H groups in total. The minimum Gasteiger partial charge on any atom is -0.341 e. The zero-order chi connectivity index (χ0) is 15.9. The highest BCUT2D eigenvalue weighted by molar-refractivity contribution is 5.58. The highest BCUT2D eigenvalue weighted by atomic mass is 19.1. The second-order valence-electron chi connectivity index (χ2n) is 4.95. The Morgan fingerprint density at radius 1 is 1.05 bits per heavy atom. The SMILES string of the molecule is CCCN(CCC)c1nccc(Nc2c(F)cccc2F)n1. The van der Waals surface area contributed by atoms with Gasteiger partial charge in [0, 0.05) is 19.3 Å². The number of aromatic nitrogens is 2. The number of nitrogens with zero attached hydrogens (tertiary/aromatic N) is 3. The maximum atomic E-state index is 13.7. The molecule has 0 spiro atoms. The van der Waals surface area contributed by atoms with Crippen LogP contribution in [-0.2, 0) is 0 Å². The van der Waals surface area contributed by atoms with Gasteiger partial charge < -0.3 is 10.2 Å². The molecule has 0 aliphatic carbocycles. The van der Waals surface area contributed by atoms with Crippen molar-refractivity contribution in [2.75, 3.05) is 23.3 Å². The van der Waals surface area contributed by atoms with Gasteiger partial charge in [-0.1, -0.05) is 19.9 Å². The van der Waals surface area contributed by atoms with E-state index < -0.39 is 11.6 Å². The summed E-state index contributed by atoms with van der Waals surface area (Å²) in [6, 6.07) is 5.32. The van der Waals surface area contributed by atoms with E-state index in [0.29, 0.717) is 11.8 Å². The fourth-order valence-corrected chi connectivity index (χ4v) is 2.17. The van der Waals surface area contributed by atoms with E-state index in [-0.39, 0.29) is 5.69 Å². The van der Waals surface area contributed by atoms with Crippen molar-refractivity contribution in [1.29, 1.82) is 0 Å². The van der Waals surface area contributed by atoms with Gasteiger partial charge in [-0.05, 0) is 31.0 Å². The largest absolute Gasteiger partial charge is 0.341 e. The van der Waals surface area contributed by atoms with Crippen LogP contribution in [0.1, 0.15) is 26.7 Å². The Hall–Kier alpha value is -2.24. The number of anilines is 3. The Balaban J connectivity index is 2.24. The second-order valence-corrected chi connectivity index (χ2v) is 4.95. The number of hydrogen-bond acceptors (Lipinski definition) is 4. The molecule has 0 aliphatic heterocycles. The summed E-state index contributed by atoms with van der Waals surface area (Å²) in [5, 5.41) is 2.69. The van der Waals surface area contributed by atoms with Gasteiger partial charge in [-0.3, -0.25) is 0 Å². The summed E-state index contributed by atoms with van der Waals surface area (Å²) in [4.78, 5) is 10.7. The number of para-hydroxylation sites is 1. The van der Waals surface area contributed by atoms with Crippen molar-refractivity contribution in [3.8, 4) is 0 Å². The monoisotopic (exact) mass is 306 g/mol. The third kappa shape index (κ3) is 3.90. The van der Waals surface area contributed by atoms with Crippen LogP contribution in [0.2, 0.25) is 0 Å². The molecule has 0 fully saturated rings. The summed E-state index contributed by atoms with van der Waals surface area (Å²) in [5.41, 5.74) is -0.204. The predicted molar refractivity (Wildman–Crippen MR) is 84.5 cm³/mol. The average molecular weight is 306 g/mol. The third-order valence-electron chi connectivity index (χ3n) is 3.13. The first-order valence-corrected chi connectivity index (χ1v) is 7.44. The first kappa shape index (κ1) is 16.1. The van der Waals surface area contributed by atoms with Crippen molar-refractivity contribution in [3.05, 3.63) is 42.1 Å². The lowest BCUT2D eigenvalue weighted by molar-refractivity contribution is 0.590. The number of rotatable bonds is 7. The highest BCUT2D eigenvalue weighted by Gasteiger charge is 2.12. The molecule has 22 heavy (non-hydrogen) atoms. The molecule has 4 nitrogen and oxygen atoms in total. The Labute approximate surface area is 129 Å². The average Bonchev–Trinajstić information content (AvgIpc) is 2.51. The molecule has 0 saturated heterocycles. The summed E-state index contributed by atoms with van der Waals surface area (Å²) in [7, 11) is 0. The van der Waals surface area contributed by atoms with E-state index in [9.17, 15) is 8.78 Å². The van der Waals surface area contributed by atoms with Crippen LogP contribution in [0.3, 0.4) is 0 Å². The molecule has 0 saturated carbocycles. The van der Waals surface area contributed by atoms with Gasteiger partial charge in [0.2, 0.25) is 5.95 Å². The zero-order valence-electron chi connectivity index (χ0n) is 12.8. The fourth-order valence-electron chi connectivity index (χ4n) is 2.17. The molecule has 1 aromatic heterocycles. The number of nitrogens with one attached hydrogen (secondary N) is 1. The molecule has 0 atom stereocenters. The molecule has 0 unspecified atom stereocenters. The van der Waals surface area contributed by atoms with E-state index in [1.807, 2.05) is 0 Å². The highest BCUT2D eigenvalue weighted by Crippen LogP contribution is 2.22. The summed E-state index contributed by atoms with van der Waals surface area (Å²) in [6.07, 6.45) is 3.54. The summed E-state index contributed by atoms with van der Waals surface area (Å²) in [6.45, 7) is 5.84. The van der Waals surface area contributed by atoms with Crippen LogP contribution < -0.4 is 10.2 Å². The molecule has 6 heteroatoms. The van der Waals surface area contributed by atoms with Crippen molar-refractivity contribution in [2.24, 2.45) is 0 Å². The third-order valence-corrected chi connectivity index (χ3v) is 3.13. The molecule has 0 bridgehead atoms. The quantitative estimate of drug-likeness (QED) is 0.835. The van der Waals surface area contributed by atoms with Crippen molar-refractivity contribution >= 4 is 17.5 Å².